The van der Waals surface area contributed by atoms with Gasteiger partial charge in [0.05, 0.1) is 11.1 Å². The van der Waals surface area contributed by atoms with Crippen LogP contribution in [0.1, 0.15) is 44.7 Å². The average molecular weight is 282 g/mol. The van der Waals surface area contributed by atoms with Crippen molar-refractivity contribution in [1.82, 2.24) is 0 Å². The van der Waals surface area contributed by atoms with E-state index in [1.54, 1.807) is 0 Å². The normalized spacial score (nSPS) is 10.5. The van der Waals surface area contributed by atoms with Gasteiger partial charge in [0.1, 0.15) is 0 Å². The van der Waals surface area contributed by atoms with Crippen LogP contribution in [0, 0.1) is 0 Å². The molecular weight excluding hydrogens is 264 g/mol. The highest BCUT2D eigenvalue weighted by atomic mass is 16.4. The van der Waals surface area contributed by atoms with E-state index in [0.29, 0.717) is 24.8 Å². The quantitative estimate of drug-likeness (QED) is 0.564. The van der Waals surface area contributed by atoms with Crippen molar-refractivity contribution in [2.75, 3.05) is 13.2 Å². The summed E-state index contributed by atoms with van der Waals surface area (Å²) in [5, 5.41) is 36.1. The predicted molar refractivity (Wildman–Crippen MR) is 71.2 cm³/mol. The molecular formula is C14H18O6. The molecule has 0 saturated heterocycles. The number of rotatable bonds is 8. The third-order valence-corrected chi connectivity index (χ3v) is 2.98. The van der Waals surface area contributed by atoms with Crippen molar-refractivity contribution in [2.45, 2.75) is 25.7 Å². The first-order valence-electron chi connectivity index (χ1n) is 6.35. The highest BCUT2D eigenvalue weighted by molar-refractivity contribution is 5.97. The van der Waals surface area contributed by atoms with Crippen molar-refractivity contribution in [3.63, 3.8) is 0 Å². The Morgan fingerprint density at radius 1 is 0.850 bits per heavy atom. The SMILES string of the molecule is O=C(O)c1cc(CCCO)cc(C(=O)O)c1CCCO. The van der Waals surface area contributed by atoms with Crippen molar-refractivity contribution in [2.24, 2.45) is 0 Å². The van der Waals surface area contributed by atoms with Gasteiger partial charge in [-0.1, -0.05) is 0 Å². The van der Waals surface area contributed by atoms with Crippen LogP contribution in [0.3, 0.4) is 0 Å². The first kappa shape index (κ1) is 16.1. The lowest BCUT2D eigenvalue weighted by Crippen LogP contribution is -2.12. The Morgan fingerprint density at radius 2 is 1.30 bits per heavy atom. The minimum atomic E-state index is -1.19. The maximum atomic E-state index is 11.3. The Morgan fingerprint density at radius 3 is 1.70 bits per heavy atom. The van der Waals surface area contributed by atoms with Crippen molar-refractivity contribution in [3.8, 4) is 0 Å². The fraction of sp³-hybridized carbons (Fsp3) is 0.429. The number of carbonyl (C=O) groups is 2. The molecule has 20 heavy (non-hydrogen) atoms. The maximum absolute atomic E-state index is 11.3. The second kappa shape index (κ2) is 7.62. The Bertz CT molecular complexity index is 459. The fourth-order valence-electron chi connectivity index (χ4n) is 2.07. The van der Waals surface area contributed by atoms with Crippen molar-refractivity contribution >= 4 is 11.9 Å². The highest BCUT2D eigenvalue weighted by Gasteiger charge is 2.19. The minimum Gasteiger partial charge on any atom is -0.478 e. The molecule has 1 rings (SSSR count). The van der Waals surface area contributed by atoms with Gasteiger partial charge < -0.3 is 20.4 Å². The molecule has 0 aromatic heterocycles. The summed E-state index contributed by atoms with van der Waals surface area (Å²) in [6, 6.07) is 2.88. The second-order valence-electron chi connectivity index (χ2n) is 4.43. The van der Waals surface area contributed by atoms with Gasteiger partial charge in [-0.25, -0.2) is 9.59 Å². The Kier molecular flexibility index (Phi) is 6.14. The summed E-state index contributed by atoms with van der Waals surface area (Å²) in [6.45, 7) is -0.179. The number of hydrogen-bond acceptors (Lipinski definition) is 4. The van der Waals surface area contributed by atoms with Crippen LogP contribution in [0.15, 0.2) is 12.1 Å². The van der Waals surface area contributed by atoms with Crippen LogP contribution in [-0.2, 0) is 12.8 Å². The summed E-state index contributed by atoms with van der Waals surface area (Å²) < 4.78 is 0. The number of aromatic carboxylic acids is 2. The van der Waals surface area contributed by atoms with Crippen LogP contribution < -0.4 is 0 Å². The van der Waals surface area contributed by atoms with E-state index in [4.69, 9.17) is 10.2 Å². The fourth-order valence-corrected chi connectivity index (χ4v) is 2.07. The molecule has 0 unspecified atom stereocenters. The van der Waals surface area contributed by atoms with Crippen LogP contribution in [0.2, 0.25) is 0 Å². The zero-order valence-electron chi connectivity index (χ0n) is 11.0. The van der Waals surface area contributed by atoms with Crippen LogP contribution in [0.25, 0.3) is 0 Å². The molecule has 0 radical (unpaired) electrons. The lowest BCUT2D eigenvalue weighted by Gasteiger charge is -2.12. The van der Waals surface area contributed by atoms with Gasteiger partial charge in [0.2, 0.25) is 0 Å². The summed E-state index contributed by atoms with van der Waals surface area (Å²) in [5.41, 5.74) is 0.700. The van der Waals surface area contributed by atoms with E-state index in [1.165, 1.54) is 12.1 Å². The first-order valence-corrected chi connectivity index (χ1v) is 6.35. The van der Waals surface area contributed by atoms with Gasteiger partial charge in [-0.3, -0.25) is 0 Å². The summed E-state index contributed by atoms with van der Waals surface area (Å²) in [6.07, 6.45) is 1.35. The van der Waals surface area contributed by atoms with Gasteiger partial charge in [0.25, 0.3) is 0 Å². The average Bonchev–Trinajstić information content (AvgIpc) is 2.42. The molecule has 0 fully saturated rings. The van der Waals surface area contributed by atoms with E-state index >= 15 is 0 Å². The van der Waals surface area contributed by atoms with Crippen LogP contribution in [0.4, 0.5) is 0 Å². The topological polar surface area (TPSA) is 115 Å². The monoisotopic (exact) mass is 282 g/mol. The van der Waals surface area contributed by atoms with Crippen molar-refractivity contribution < 1.29 is 30.0 Å². The number of carboxylic acids is 2. The maximum Gasteiger partial charge on any atom is 0.335 e. The molecule has 0 heterocycles. The van der Waals surface area contributed by atoms with E-state index in [1.807, 2.05) is 0 Å². The Labute approximate surface area is 116 Å². The Hall–Kier alpha value is -1.92. The van der Waals surface area contributed by atoms with Gasteiger partial charge in [0.15, 0.2) is 0 Å². The number of aliphatic hydroxyl groups is 2. The van der Waals surface area contributed by atoms with E-state index in [9.17, 15) is 19.8 Å². The molecule has 0 saturated carbocycles. The van der Waals surface area contributed by atoms with Crippen LogP contribution >= 0.6 is 0 Å². The van der Waals surface area contributed by atoms with Gasteiger partial charge in [-0.05, 0) is 48.9 Å². The third-order valence-electron chi connectivity index (χ3n) is 2.98. The molecule has 110 valence electrons. The number of aryl methyl sites for hydroxylation is 1. The molecule has 0 aliphatic rings. The van der Waals surface area contributed by atoms with Gasteiger partial charge >= 0.3 is 11.9 Å². The summed E-state index contributed by atoms with van der Waals surface area (Å²) in [5.74, 6) is -2.38. The van der Waals surface area contributed by atoms with E-state index in [2.05, 4.69) is 0 Å². The van der Waals surface area contributed by atoms with E-state index < -0.39 is 11.9 Å². The molecule has 0 aliphatic heterocycles. The smallest absolute Gasteiger partial charge is 0.335 e. The predicted octanol–water partition coefficient (Wildman–Crippen LogP) is 0.933. The number of hydrogen-bond donors (Lipinski definition) is 4. The highest BCUT2D eigenvalue weighted by Crippen LogP contribution is 2.21. The second-order valence-corrected chi connectivity index (χ2v) is 4.43. The molecule has 0 aliphatic carbocycles. The molecule has 0 spiro atoms. The largest absolute Gasteiger partial charge is 0.478 e. The van der Waals surface area contributed by atoms with Crippen molar-refractivity contribution in [1.29, 1.82) is 0 Å². The molecule has 4 N–H and O–H groups in total. The molecule has 6 nitrogen and oxygen atoms in total. The summed E-state index contributed by atoms with van der Waals surface area (Å²) in [7, 11) is 0. The van der Waals surface area contributed by atoms with Gasteiger partial charge in [-0.2, -0.15) is 0 Å². The lowest BCUT2D eigenvalue weighted by atomic mass is 9.93. The van der Waals surface area contributed by atoms with E-state index in [-0.39, 0.29) is 36.3 Å². The zero-order chi connectivity index (χ0) is 15.1. The Balaban J connectivity index is 3.30. The minimum absolute atomic E-state index is 0.0446. The van der Waals surface area contributed by atoms with Crippen LogP contribution in [-0.4, -0.2) is 45.6 Å². The van der Waals surface area contributed by atoms with Gasteiger partial charge in [-0.15, -0.1) is 0 Å². The van der Waals surface area contributed by atoms with Gasteiger partial charge in [0, 0.05) is 13.2 Å². The molecule has 0 atom stereocenters. The molecule has 0 amide bonds. The summed E-state index contributed by atoms with van der Waals surface area (Å²) >= 11 is 0. The molecule has 1 aromatic rings. The molecule has 1 aromatic carbocycles. The number of carboxylic acid groups (broad SMARTS) is 2. The van der Waals surface area contributed by atoms with E-state index in [0.717, 1.165) is 0 Å². The first-order chi connectivity index (χ1) is 9.51. The molecule has 6 heteroatoms. The third kappa shape index (κ3) is 4.04. The number of benzene rings is 1. The summed E-state index contributed by atoms with van der Waals surface area (Å²) in [4.78, 5) is 22.6. The lowest BCUT2D eigenvalue weighted by molar-refractivity contribution is 0.0695. The zero-order valence-corrected chi connectivity index (χ0v) is 11.0. The van der Waals surface area contributed by atoms with Crippen LogP contribution in [0.5, 0.6) is 0 Å². The number of aliphatic hydroxyl groups excluding tert-OH is 2. The molecule has 0 bridgehead atoms. The van der Waals surface area contributed by atoms with Crippen molar-refractivity contribution in [3.05, 3.63) is 34.4 Å². The standard InChI is InChI=1S/C14H18O6/c15-5-1-3-9-7-11(13(17)18)10(4-2-6-16)12(8-9)14(19)20/h7-8,15-16H,1-6H2,(H,17,18)(H,19,20).